The lowest BCUT2D eigenvalue weighted by Gasteiger charge is -2.12. The van der Waals surface area contributed by atoms with Gasteiger partial charge in [0.2, 0.25) is 0 Å². The molecule has 0 saturated heterocycles. The number of fused-ring (bicyclic) bond motifs is 6. The van der Waals surface area contributed by atoms with Crippen molar-refractivity contribution in [3.8, 4) is 77.9 Å². The second kappa shape index (κ2) is 15.9. The normalized spacial score (nSPS) is 11.5. The van der Waals surface area contributed by atoms with E-state index in [2.05, 4.69) is 170 Å². The average Bonchev–Trinajstić information content (AvgIpc) is 3.38. The molecule has 0 atom stereocenters. The standard InChI is InChI=1S/C60H37FN4/c61-54-20-8-18-46(34-54)53-33-50-23-24-56-55(25-26-62-60(56)59(50)65-37-53)47-19-7-16-44(30-47)42-14-5-12-40(28-42)39-11-4-13-41(27-39)43-15-6-17-45(29-43)52-32-49-22-21-48-31-51(38-9-2-1-3-10-38)35-63-57(48)58(49)64-36-52/h1-37H. The van der Waals surface area contributed by atoms with E-state index >= 15 is 0 Å². The van der Waals surface area contributed by atoms with E-state index in [1.54, 1.807) is 12.3 Å². The van der Waals surface area contributed by atoms with Gasteiger partial charge in [-0.15, -0.1) is 0 Å². The summed E-state index contributed by atoms with van der Waals surface area (Å²) in [4.78, 5) is 19.5. The monoisotopic (exact) mass is 832 g/mol. The SMILES string of the molecule is Fc1cccc(-c2cnc3c(ccc4c(-c5cccc(-c6cccc(-c7cccc(-c8cccc(-c9cnc%10c(ccc%11cc(-c%12ccccc%12)cnc%11%10)c9)c8)c7)c6)c5)ccnc43)c2)c1. The van der Waals surface area contributed by atoms with Gasteiger partial charge in [0.15, 0.2) is 0 Å². The third kappa shape index (κ3) is 7.15. The number of hydrogen-bond acceptors (Lipinski definition) is 4. The second-order valence-corrected chi connectivity index (χ2v) is 16.5. The minimum absolute atomic E-state index is 0.268. The zero-order chi connectivity index (χ0) is 43.3. The molecule has 8 aromatic carbocycles. The molecule has 12 aromatic rings. The lowest BCUT2D eigenvalue weighted by molar-refractivity contribution is 0.628. The number of hydrogen-bond donors (Lipinski definition) is 0. The summed E-state index contributed by atoms with van der Waals surface area (Å²) in [6, 6.07) is 68.9. The van der Waals surface area contributed by atoms with Crippen LogP contribution < -0.4 is 0 Å². The van der Waals surface area contributed by atoms with Crippen LogP contribution in [0.4, 0.5) is 4.39 Å². The van der Waals surface area contributed by atoms with E-state index in [-0.39, 0.29) is 5.82 Å². The molecule has 0 amide bonds. The molecule has 0 spiro atoms. The molecule has 0 unspecified atom stereocenters. The minimum Gasteiger partial charge on any atom is -0.254 e. The lowest BCUT2D eigenvalue weighted by atomic mass is 9.93. The average molecular weight is 833 g/mol. The maximum Gasteiger partial charge on any atom is 0.123 e. The Kier molecular flexibility index (Phi) is 9.31. The highest BCUT2D eigenvalue weighted by Gasteiger charge is 2.13. The van der Waals surface area contributed by atoms with E-state index in [1.165, 1.54) is 12.1 Å². The van der Waals surface area contributed by atoms with Crippen LogP contribution in [0.5, 0.6) is 0 Å². The number of pyridine rings is 4. The van der Waals surface area contributed by atoms with Gasteiger partial charge in [-0.25, -0.2) is 4.39 Å². The van der Waals surface area contributed by atoms with Crippen LogP contribution in [0.15, 0.2) is 225 Å². The predicted molar refractivity (Wildman–Crippen MR) is 266 cm³/mol. The molecule has 304 valence electrons. The summed E-state index contributed by atoms with van der Waals surface area (Å²) in [6.07, 6.45) is 7.56. The Morgan fingerprint density at radius 2 is 0.646 bits per heavy atom. The molecule has 4 heterocycles. The van der Waals surface area contributed by atoms with Crippen molar-refractivity contribution in [2.24, 2.45) is 0 Å². The van der Waals surface area contributed by atoms with Crippen molar-refractivity contribution < 1.29 is 4.39 Å². The van der Waals surface area contributed by atoms with Crippen molar-refractivity contribution in [1.29, 1.82) is 0 Å². The van der Waals surface area contributed by atoms with Crippen LogP contribution in [0.3, 0.4) is 0 Å². The summed E-state index contributed by atoms with van der Waals surface area (Å²) in [5.74, 6) is -0.268. The van der Waals surface area contributed by atoms with Crippen LogP contribution in [-0.2, 0) is 0 Å². The molecule has 4 nitrogen and oxygen atoms in total. The topological polar surface area (TPSA) is 51.6 Å². The molecule has 0 aliphatic rings. The molecular formula is C60H37FN4. The van der Waals surface area contributed by atoms with Gasteiger partial charge in [0.1, 0.15) is 5.82 Å². The zero-order valence-corrected chi connectivity index (χ0v) is 35.0. The Hall–Kier alpha value is -8.67. The summed E-state index contributed by atoms with van der Waals surface area (Å²) in [5.41, 5.74) is 18.6. The molecule has 0 saturated carbocycles. The molecule has 0 bridgehead atoms. The highest BCUT2D eigenvalue weighted by molar-refractivity contribution is 6.09. The van der Waals surface area contributed by atoms with Crippen LogP contribution in [0.2, 0.25) is 0 Å². The first-order valence-electron chi connectivity index (χ1n) is 21.7. The first-order chi connectivity index (χ1) is 32.1. The minimum atomic E-state index is -0.268. The van der Waals surface area contributed by atoms with E-state index in [1.807, 2.05) is 30.7 Å². The van der Waals surface area contributed by atoms with Gasteiger partial charge in [-0.1, -0.05) is 140 Å². The molecule has 12 rings (SSSR count). The van der Waals surface area contributed by atoms with Crippen LogP contribution in [0, 0.1) is 5.82 Å². The van der Waals surface area contributed by atoms with E-state index in [0.29, 0.717) is 0 Å². The van der Waals surface area contributed by atoms with E-state index < -0.39 is 0 Å². The molecule has 0 aliphatic heterocycles. The van der Waals surface area contributed by atoms with Gasteiger partial charge in [0.25, 0.3) is 0 Å². The van der Waals surface area contributed by atoms with Crippen LogP contribution in [0.25, 0.3) is 122 Å². The number of benzene rings is 8. The van der Waals surface area contributed by atoms with Gasteiger partial charge in [-0.05, 0) is 122 Å². The third-order valence-electron chi connectivity index (χ3n) is 12.4. The highest BCUT2D eigenvalue weighted by Crippen LogP contribution is 2.37. The van der Waals surface area contributed by atoms with Crippen LogP contribution in [0.1, 0.15) is 0 Å². The van der Waals surface area contributed by atoms with Crippen molar-refractivity contribution >= 4 is 43.6 Å². The van der Waals surface area contributed by atoms with E-state index in [0.717, 1.165) is 122 Å². The Balaban J connectivity index is 0.824. The molecule has 0 N–H and O–H groups in total. The highest BCUT2D eigenvalue weighted by atomic mass is 19.1. The summed E-state index contributed by atoms with van der Waals surface area (Å²) >= 11 is 0. The summed E-state index contributed by atoms with van der Waals surface area (Å²) < 4.78 is 14.0. The molecule has 0 fully saturated rings. The number of halogens is 1. The second-order valence-electron chi connectivity index (χ2n) is 16.5. The van der Waals surface area contributed by atoms with Gasteiger partial charge >= 0.3 is 0 Å². The van der Waals surface area contributed by atoms with Crippen molar-refractivity contribution in [2.45, 2.75) is 0 Å². The van der Waals surface area contributed by atoms with E-state index in [9.17, 15) is 4.39 Å². The molecule has 4 aromatic heterocycles. The van der Waals surface area contributed by atoms with Crippen molar-refractivity contribution in [3.63, 3.8) is 0 Å². The summed E-state index contributed by atoms with van der Waals surface area (Å²) in [6.45, 7) is 0. The quantitative estimate of drug-likeness (QED) is 0.150. The lowest BCUT2D eigenvalue weighted by Crippen LogP contribution is -1.90. The first kappa shape index (κ1) is 38.0. The molecule has 0 radical (unpaired) electrons. The maximum absolute atomic E-state index is 14.0. The Labute approximate surface area is 375 Å². The van der Waals surface area contributed by atoms with Gasteiger partial charge in [0.05, 0.1) is 22.1 Å². The maximum atomic E-state index is 14.0. The fraction of sp³-hybridized carbons (Fsp3) is 0. The smallest absolute Gasteiger partial charge is 0.123 e. The summed E-state index contributed by atoms with van der Waals surface area (Å²) in [7, 11) is 0. The molecule has 0 aliphatic carbocycles. The molecular weight excluding hydrogens is 796 g/mol. The van der Waals surface area contributed by atoms with Crippen LogP contribution in [-0.4, -0.2) is 19.9 Å². The fourth-order valence-corrected chi connectivity index (χ4v) is 9.13. The van der Waals surface area contributed by atoms with E-state index in [4.69, 9.17) is 19.9 Å². The number of aromatic nitrogens is 4. The Morgan fingerprint density at radius 1 is 0.262 bits per heavy atom. The van der Waals surface area contributed by atoms with Gasteiger partial charge in [-0.3, -0.25) is 19.9 Å². The molecule has 65 heavy (non-hydrogen) atoms. The fourth-order valence-electron chi connectivity index (χ4n) is 9.13. The number of nitrogens with zero attached hydrogens (tertiary/aromatic N) is 4. The van der Waals surface area contributed by atoms with Crippen molar-refractivity contribution in [1.82, 2.24) is 19.9 Å². The van der Waals surface area contributed by atoms with Crippen LogP contribution >= 0.6 is 0 Å². The zero-order valence-electron chi connectivity index (χ0n) is 35.0. The van der Waals surface area contributed by atoms with Crippen molar-refractivity contribution in [2.75, 3.05) is 0 Å². The predicted octanol–water partition coefficient (Wildman–Crippen LogP) is 15.7. The van der Waals surface area contributed by atoms with Gasteiger partial charge in [0, 0.05) is 63.0 Å². The molecule has 5 heteroatoms. The largest absolute Gasteiger partial charge is 0.254 e. The van der Waals surface area contributed by atoms with Crippen molar-refractivity contribution in [3.05, 3.63) is 231 Å². The van der Waals surface area contributed by atoms with Gasteiger partial charge < -0.3 is 0 Å². The number of rotatable bonds is 7. The third-order valence-corrected chi connectivity index (χ3v) is 12.4. The first-order valence-corrected chi connectivity index (χ1v) is 21.7. The van der Waals surface area contributed by atoms with Gasteiger partial charge in [-0.2, -0.15) is 0 Å². The Bertz CT molecular complexity index is 3810. The summed E-state index contributed by atoms with van der Waals surface area (Å²) in [5, 5.41) is 4.12. The Morgan fingerprint density at radius 3 is 1.15 bits per heavy atom.